The van der Waals surface area contributed by atoms with E-state index in [0.29, 0.717) is 31.4 Å². The van der Waals surface area contributed by atoms with Gasteiger partial charge in [-0.05, 0) is 19.1 Å². The first-order chi connectivity index (χ1) is 11.8. The molecule has 3 rings (SSSR count). The third kappa shape index (κ3) is 4.08. The van der Waals surface area contributed by atoms with Gasteiger partial charge in [0.25, 0.3) is 0 Å². The predicted octanol–water partition coefficient (Wildman–Crippen LogP) is 1.07. The highest BCUT2D eigenvalue weighted by Gasteiger charge is 2.24. The first kappa shape index (κ1) is 16.4. The summed E-state index contributed by atoms with van der Waals surface area (Å²) >= 11 is 0. The Kier molecular flexibility index (Phi) is 5.37. The smallest absolute Gasteiger partial charge is 0.248 e. The third-order valence-electron chi connectivity index (χ3n) is 3.88. The number of rotatable bonds is 6. The molecule has 8 heteroatoms. The van der Waals surface area contributed by atoms with Crippen molar-refractivity contribution in [3.05, 3.63) is 30.6 Å². The molecule has 0 aromatic carbocycles. The maximum Gasteiger partial charge on any atom is 0.248 e. The van der Waals surface area contributed by atoms with Gasteiger partial charge in [-0.2, -0.15) is 5.10 Å². The molecule has 2 aromatic heterocycles. The quantitative estimate of drug-likeness (QED) is 0.787. The Morgan fingerprint density at radius 1 is 1.29 bits per heavy atom. The normalized spacial score (nSPS) is 15.5. The van der Waals surface area contributed by atoms with Crippen LogP contribution in [0.25, 0.3) is 5.82 Å². The second-order valence-electron chi connectivity index (χ2n) is 5.52. The maximum atomic E-state index is 11.9. The highest BCUT2D eigenvalue weighted by atomic mass is 16.5. The molecule has 1 saturated heterocycles. The molecule has 1 fully saturated rings. The van der Waals surface area contributed by atoms with E-state index < -0.39 is 0 Å². The van der Waals surface area contributed by atoms with E-state index in [9.17, 15) is 4.79 Å². The van der Waals surface area contributed by atoms with Gasteiger partial charge < -0.3 is 14.4 Å². The largest absolute Gasteiger partial charge is 0.473 e. The Balaban J connectivity index is 1.48. The number of carbonyl (C=O) groups is 1. The highest BCUT2D eigenvalue weighted by molar-refractivity contribution is 5.77. The second kappa shape index (κ2) is 7.87. The van der Waals surface area contributed by atoms with E-state index in [2.05, 4.69) is 15.3 Å². The van der Waals surface area contributed by atoms with Gasteiger partial charge in [0.1, 0.15) is 12.7 Å². The zero-order valence-corrected chi connectivity index (χ0v) is 13.7. The standard InChI is InChI=1S/C16H21N5O3/c1-2-23-12-16(22)20-10-6-13(7-11-20)24-15-5-4-14(18-19-15)21-9-3-8-17-21/h3-5,8-9,13H,2,6-7,10-12H2,1H3. The number of hydrogen-bond donors (Lipinski definition) is 0. The molecule has 1 aliphatic heterocycles. The van der Waals surface area contributed by atoms with Gasteiger partial charge >= 0.3 is 0 Å². The van der Waals surface area contributed by atoms with Crippen molar-refractivity contribution in [3.8, 4) is 11.7 Å². The summed E-state index contributed by atoms with van der Waals surface area (Å²) in [4.78, 5) is 13.7. The summed E-state index contributed by atoms with van der Waals surface area (Å²) in [5.41, 5.74) is 0. The molecule has 0 spiro atoms. The predicted molar refractivity (Wildman–Crippen MR) is 85.9 cm³/mol. The van der Waals surface area contributed by atoms with E-state index in [4.69, 9.17) is 9.47 Å². The zero-order chi connectivity index (χ0) is 16.8. The van der Waals surface area contributed by atoms with Crippen molar-refractivity contribution < 1.29 is 14.3 Å². The van der Waals surface area contributed by atoms with Crippen LogP contribution in [0.15, 0.2) is 30.6 Å². The van der Waals surface area contributed by atoms with Crippen LogP contribution in [0, 0.1) is 0 Å². The number of ether oxygens (including phenoxy) is 2. The van der Waals surface area contributed by atoms with Gasteiger partial charge in [0.05, 0.1) is 0 Å². The zero-order valence-electron chi connectivity index (χ0n) is 13.7. The van der Waals surface area contributed by atoms with E-state index in [1.165, 1.54) is 0 Å². The molecule has 0 bridgehead atoms. The molecule has 128 valence electrons. The van der Waals surface area contributed by atoms with E-state index in [0.717, 1.165) is 12.8 Å². The van der Waals surface area contributed by atoms with Crippen LogP contribution in [0.2, 0.25) is 0 Å². The van der Waals surface area contributed by atoms with Gasteiger partial charge in [-0.3, -0.25) is 4.79 Å². The van der Waals surface area contributed by atoms with Crippen molar-refractivity contribution in [2.45, 2.75) is 25.9 Å². The summed E-state index contributed by atoms with van der Waals surface area (Å²) in [6.45, 7) is 3.94. The number of aromatic nitrogens is 4. The number of carbonyl (C=O) groups excluding carboxylic acids is 1. The molecule has 24 heavy (non-hydrogen) atoms. The van der Waals surface area contributed by atoms with Gasteiger partial charge in [-0.15, -0.1) is 10.2 Å². The molecule has 3 heterocycles. The summed E-state index contributed by atoms with van der Waals surface area (Å²) in [6.07, 6.45) is 5.10. The Morgan fingerprint density at radius 2 is 2.12 bits per heavy atom. The molecule has 0 saturated carbocycles. The summed E-state index contributed by atoms with van der Waals surface area (Å²) < 4.78 is 12.7. The molecule has 0 aliphatic carbocycles. The first-order valence-corrected chi connectivity index (χ1v) is 8.12. The van der Waals surface area contributed by atoms with Gasteiger partial charge in [-0.25, -0.2) is 4.68 Å². The first-order valence-electron chi connectivity index (χ1n) is 8.12. The Labute approximate surface area is 140 Å². The fourth-order valence-electron chi connectivity index (χ4n) is 2.58. The molecule has 8 nitrogen and oxygen atoms in total. The van der Waals surface area contributed by atoms with Crippen LogP contribution in [-0.2, 0) is 9.53 Å². The van der Waals surface area contributed by atoms with Gasteiger partial charge in [0.15, 0.2) is 5.82 Å². The lowest BCUT2D eigenvalue weighted by Crippen LogP contribution is -2.43. The average Bonchev–Trinajstić information content (AvgIpc) is 3.15. The van der Waals surface area contributed by atoms with Gasteiger partial charge in [0.2, 0.25) is 11.8 Å². The van der Waals surface area contributed by atoms with Crippen molar-refractivity contribution in [2.24, 2.45) is 0 Å². The molecular weight excluding hydrogens is 310 g/mol. The van der Waals surface area contributed by atoms with Gasteiger partial charge in [0, 0.05) is 51.0 Å². The van der Waals surface area contributed by atoms with Crippen molar-refractivity contribution in [1.82, 2.24) is 24.9 Å². The van der Waals surface area contributed by atoms with E-state index in [1.54, 1.807) is 23.1 Å². The van der Waals surface area contributed by atoms with Crippen LogP contribution in [0.3, 0.4) is 0 Å². The van der Waals surface area contributed by atoms with Crippen molar-refractivity contribution >= 4 is 5.91 Å². The lowest BCUT2D eigenvalue weighted by molar-refractivity contribution is -0.137. The van der Waals surface area contributed by atoms with E-state index in [1.807, 2.05) is 24.0 Å². The molecule has 0 N–H and O–H groups in total. The number of amides is 1. The summed E-state index contributed by atoms with van der Waals surface area (Å²) in [6, 6.07) is 5.43. The SMILES string of the molecule is CCOCC(=O)N1CCC(Oc2ccc(-n3cccn3)nn2)CC1. The van der Waals surface area contributed by atoms with Crippen LogP contribution in [0.5, 0.6) is 5.88 Å². The molecule has 2 aromatic rings. The molecule has 1 aliphatic rings. The highest BCUT2D eigenvalue weighted by Crippen LogP contribution is 2.17. The van der Waals surface area contributed by atoms with Gasteiger partial charge in [-0.1, -0.05) is 0 Å². The second-order valence-corrected chi connectivity index (χ2v) is 5.52. The topological polar surface area (TPSA) is 82.4 Å². The van der Waals surface area contributed by atoms with Crippen LogP contribution in [0.4, 0.5) is 0 Å². The van der Waals surface area contributed by atoms with Crippen molar-refractivity contribution in [3.63, 3.8) is 0 Å². The van der Waals surface area contributed by atoms with Crippen LogP contribution in [0.1, 0.15) is 19.8 Å². The molecule has 0 atom stereocenters. The number of piperidine rings is 1. The molecular formula is C16H21N5O3. The van der Waals surface area contributed by atoms with E-state index >= 15 is 0 Å². The number of likely N-dealkylation sites (tertiary alicyclic amines) is 1. The molecule has 0 radical (unpaired) electrons. The van der Waals surface area contributed by atoms with Crippen LogP contribution in [-0.4, -0.2) is 63.2 Å². The molecule has 0 unspecified atom stereocenters. The third-order valence-corrected chi connectivity index (χ3v) is 3.88. The summed E-state index contributed by atoms with van der Waals surface area (Å²) in [5, 5.41) is 12.3. The van der Waals surface area contributed by atoms with Crippen LogP contribution < -0.4 is 4.74 Å². The monoisotopic (exact) mass is 331 g/mol. The lowest BCUT2D eigenvalue weighted by Gasteiger charge is -2.31. The van der Waals surface area contributed by atoms with E-state index in [-0.39, 0.29) is 18.6 Å². The van der Waals surface area contributed by atoms with Crippen LogP contribution >= 0.6 is 0 Å². The summed E-state index contributed by atoms with van der Waals surface area (Å²) in [7, 11) is 0. The minimum atomic E-state index is 0.0404. The number of nitrogens with zero attached hydrogens (tertiary/aromatic N) is 5. The average molecular weight is 331 g/mol. The van der Waals surface area contributed by atoms with Crippen molar-refractivity contribution in [2.75, 3.05) is 26.3 Å². The molecule has 1 amide bonds. The Bertz CT molecular complexity index is 636. The van der Waals surface area contributed by atoms with Crippen molar-refractivity contribution in [1.29, 1.82) is 0 Å². The Morgan fingerprint density at radius 3 is 2.75 bits per heavy atom. The fraction of sp³-hybridized carbons (Fsp3) is 0.500. The fourth-order valence-corrected chi connectivity index (χ4v) is 2.58. The maximum absolute atomic E-state index is 11.9. The minimum absolute atomic E-state index is 0.0404. The minimum Gasteiger partial charge on any atom is -0.473 e. The number of hydrogen-bond acceptors (Lipinski definition) is 6. The summed E-state index contributed by atoms with van der Waals surface area (Å²) in [5.74, 6) is 1.17. The Hall–Kier alpha value is -2.48. The lowest BCUT2D eigenvalue weighted by atomic mass is 10.1.